The summed E-state index contributed by atoms with van der Waals surface area (Å²) in [5.74, 6) is -0.441. The second-order valence-electron chi connectivity index (χ2n) is 3.53. The lowest BCUT2D eigenvalue weighted by atomic mass is 10.1. The van der Waals surface area contributed by atoms with Gasteiger partial charge in [-0.25, -0.2) is 14.4 Å². The topological polar surface area (TPSA) is 61.7 Å². The van der Waals surface area contributed by atoms with E-state index in [-0.39, 0.29) is 11.0 Å². The molecule has 1 heterocycles. The molecule has 0 amide bonds. The molecule has 0 aliphatic rings. The average Bonchev–Trinajstić information content (AvgIpc) is 2.37. The molecule has 0 radical (unpaired) electrons. The fraction of sp³-hybridized carbons (Fsp3) is 0.0833. The predicted molar refractivity (Wildman–Crippen MR) is 69.9 cm³/mol. The summed E-state index contributed by atoms with van der Waals surface area (Å²) >= 11 is 5.69. The first-order chi connectivity index (χ1) is 8.65. The van der Waals surface area contributed by atoms with Crippen LogP contribution in [0.1, 0.15) is 5.56 Å². The van der Waals surface area contributed by atoms with E-state index in [2.05, 4.69) is 15.3 Å². The van der Waals surface area contributed by atoms with Crippen LogP contribution in [0.25, 0.3) is 11.3 Å². The minimum absolute atomic E-state index is 0.0991. The minimum atomic E-state index is -0.441. The van der Waals surface area contributed by atoms with Gasteiger partial charge in [-0.1, -0.05) is 0 Å². The summed E-state index contributed by atoms with van der Waals surface area (Å²) in [5.41, 5.74) is 1.80. The third-order valence-electron chi connectivity index (χ3n) is 2.45. The molecule has 0 aliphatic heterocycles. The van der Waals surface area contributed by atoms with E-state index in [1.165, 1.54) is 12.3 Å². The van der Waals surface area contributed by atoms with Crippen LogP contribution in [0.15, 0.2) is 24.4 Å². The molecule has 0 unspecified atom stereocenters. The predicted octanol–water partition coefficient (Wildman–Crippen LogP) is 2.98. The number of nitrogens with zero attached hydrogens (tertiary/aromatic N) is 2. The van der Waals surface area contributed by atoms with Crippen LogP contribution in [0.4, 0.5) is 10.1 Å². The van der Waals surface area contributed by atoms with Gasteiger partial charge in [-0.05, 0) is 29.8 Å². The van der Waals surface area contributed by atoms with Gasteiger partial charge in [-0.15, -0.1) is 0 Å². The second kappa shape index (κ2) is 5.10. The number of hydrogen-bond acceptors (Lipinski definition) is 4. The summed E-state index contributed by atoms with van der Waals surface area (Å²) < 4.78 is 13.8. The lowest BCUT2D eigenvalue weighted by molar-refractivity contribution is 0.631. The monoisotopic (exact) mass is 264 g/mol. The summed E-state index contributed by atoms with van der Waals surface area (Å²) in [6.45, 7) is 0. The summed E-state index contributed by atoms with van der Waals surface area (Å²) in [4.78, 5) is 7.78. The normalized spacial score (nSPS) is 10.2. The molecule has 0 aliphatic carbocycles. The highest BCUT2D eigenvalue weighted by atomic mass is 35.5. The number of benzene rings is 1. The number of aromatic nitrogens is 2. The highest BCUT2D eigenvalue weighted by Crippen LogP contribution is 2.26. The molecule has 18 heavy (non-hydrogen) atoms. The highest BCUT2D eigenvalue weighted by Gasteiger charge is 2.10. The maximum absolute atomic E-state index is 13.8. The lowest BCUT2D eigenvalue weighted by Gasteiger charge is -2.09. The van der Waals surface area contributed by atoms with Gasteiger partial charge in [0.05, 0.1) is 11.4 Å². The number of hydrogen-bond donors (Lipinski definition) is 2. The Morgan fingerprint density at radius 2 is 2.22 bits per heavy atom. The fourth-order valence-corrected chi connectivity index (χ4v) is 1.80. The van der Waals surface area contributed by atoms with Crippen molar-refractivity contribution in [3.63, 3.8) is 0 Å². The fourth-order valence-electron chi connectivity index (χ4n) is 1.65. The summed E-state index contributed by atoms with van der Waals surface area (Å²) in [5, 5.41) is 10.1. The molecule has 1 aromatic heterocycles. The van der Waals surface area contributed by atoms with Crippen LogP contribution in [-0.4, -0.2) is 23.2 Å². The zero-order chi connectivity index (χ0) is 13.1. The van der Waals surface area contributed by atoms with E-state index < -0.39 is 5.82 Å². The number of rotatable bonds is 3. The van der Waals surface area contributed by atoms with Gasteiger partial charge in [0.25, 0.3) is 0 Å². The molecule has 0 saturated carbocycles. The molecule has 4 nitrogen and oxygen atoms in total. The van der Waals surface area contributed by atoms with Crippen LogP contribution in [-0.2, 0) is 0 Å². The third kappa shape index (κ3) is 2.31. The minimum Gasteiger partial charge on any atom is -0.385 e. The lowest BCUT2D eigenvalue weighted by Crippen LogP contribution is -1.99. The summed E-state index contributed by atoms with van der Waals surface area (Å²) in [6, 6.07) is 4.64. The van der Waals surface area contributed by atoms with Crippen molar-refractivity contribution in [2.75, 3.05) is 12.4 Å². The van der Waals surface area contributed by atoms with Crippen molar-refractivity contribution in [2.24, 2.45) is 0 Å². The van der Waals surface area contributed by atoms with Gasteiger partial charge in [-0.3, -0.25) is 0 Å². The standard InChI is InChI=1S/C12H10ClFN4/c1-16-11-8(6-15)4-7(5-9(11)14)10-2-3-17-12(13)18-10/h2-6,15-16H,1H3. The van der Waals surface area contributed by atoms with Crippen LogP contribution in [0.5, 0.6) is 0 Å². The number of anilines is 1. The van der Waals surface area contributed by atoms with Crippen molar-refractivity contribution in [2.45, 2.75) is 0 Å². The van der Waals surface area contributed by atoms with Crippen molar-refractivity contribution >= 4 is 23.5 Å². The smallest absolute Gasteiger partial charge is 0.222 e. The van der Waals surface area contributed by atoms with Crippen LogP contribution in [0, 0.1) is 11.2 Å². The van der Waals surface area contributed by atoms with Gasteiger partial charge in [0.1, 0.15) is 5.82 Å². The molecular formula is C12H10ClFN4. The Labute approximate surface area is 108 Å². The largest absolute Gasteiger partial charge is 0.385 e. The molecule has 0 saturated heterocycles. The van der Waals surface area contributed by atoms with Gasteiger partial charge >= 0.3 is 0 Å². The Balaban J connectivity index is 2.59. The van der Waals surface area contributed by atoms with Crippen LogP contribution < -0.4 is 5.32 Å². The zero-order valence-electron chi connectivity index (χ0n) is 9.54. The Hall–Kier alpha value is -2.01. The van der Waals surface area contributed by atoms with Crippen molar-refractivity contribution < 1.29 is 4.39 Å². The SMILES string of the molecule is CNc1c(F)cc(-c2ccnc(Cl)n2)cc1C=N. The van der Waals surface area contributed by atoms with Crippen LogP contribution >= 0.6 is 11.6 Å². The van der Waals surface area contributed by atoms with Crippen molar-refractivity contribution in [3.05, 3.63) is 41.1 Å². The van der Waals surface area contributed by atoms with E-state index in [9.17, 15) is 4.39 Å². The average molecular weight is 265 g/mol. The molecule has 0 spiro atoms. The van der Waals surface area contributed by atoms with E-state index in [0.29, 0.717) is 16.8 Å². The Morgan fingerprint density at radius 1 is 1.44 bits per heavy atom. The van der Waals surface area contributed by atoms with E-state index in [1.807, 2.05) is 0 Å². The Morgan fingerprint density at radius 3 is 2.83 bits per heavy atom. The van der Waals surface area contributed by atoms with E-state index in [4.69, 9.17) is 17.0 Å². The van der Waals surface area contributed by atoms with Gasteiger partial charge in [0.15, 0.2) is 0 Å². The Kier molecular flexibility index (Phi) is 3.53. The number of halogens is 2. The molecule has 0 atom stereocenters. The molecule has 2 aromatic rings. The molecule has 6 heteroatoms. The molecule has 0 bridgehead atoms. The molecule has 2 N–H and O–H groups in total. The molecule has 0 fully saturated rings. The summed E-state index contributed by atoms with van der Waals surface area (Å²) in [7, 11) is 1.60. The van der Waals surface area contributed by atoms with Crippen molar-refractivity contribution in [3.8, 4) is 11.3 Å². The van der Waals surface area contributed by atoms with Crippen LogP contribution in [0.2, 0.25) is 5.28 Å². The quantitative estimate of drug-likeness (QED) is 0.662. The second-order valence-corrected chi connectivity index (χ2v) is 3.87. The van der Waals surface area contributed by atoms with E-state index in [1.54, 1.807) is 19.2 Å². The van der Waals surface area contributed by atoms with Gasteiger partial charge in [0.2, 0.25) is 5.28 Å². The first-order valence-electron chi connectivity index (χ1n) is 5.16. The maximum Gasteiger partial charge on any atom is 0.222 e. The molecule has 2 rings (SSSR count). The number of nitrogens with one attached hydrogen (secondary N) is 2. The Bertz CT molecular complexity index is 601. The third-order valence-corrected chi connectivity index (χ3v) is 2.63. The molecule has 92 valence electrons. The molecule has 1 aromatic carbocycles. The maximum atomic E-state index is 13.8. The van der Waals surface area contributed by atoms with Crippen molar-refractivity contribution in [1.29, 1.82) is 5.41 Å². The van der Waals surface area contributed by atoms with E-state index in [0.717, 1.165) is 6.21 Å². The van der Waals surface area contributed by atoms with E-state index >= 15 is 0 Å². The van der Waals surface area contributed by atoms with Gasteiger partial charge < -0.3 is 10.7 Å². The zero-order valence-corrected chi connectivity index (χ0v) is 10.3. The van der Waals surface area contributed by atoms with Gasteiger partial charge in [0, 0.05) is 30.6 Å². The highest BCUT2D eigenvalue weighted by molar-refractivity contribution is 6.28. The first-order valence-corrected chi connectivity index (χ1v) is 5.54. The van der Waals surface area contributed by atoms with Crippen LogP contribution in [0.3, 0.4) is 0 Å². The van der Waals surface area contributed by atoms with Gasteiger partial charge in [-0.2, -0.15) is 0 Å². The van der Waals surface area contributed by atoms with Crippen molar-refractivity contribution in [1.82, 2.24) is 9.97 Å². The summed E-state index contributed by atoms with van der Waals surface area (Å²) in [6.07, 6.45) is 2.58. The first kappa shape index (κ1) is 12.4. The molecular weight excluding hydrogens is 255 g/mol.